The molecule has 16 heavy (non-hydrogen) atoms. The Kier molecular flexibility index (Phi) is 4.94. The van der Waals surface area contributed by atoms with Gasteiger partial charge in [-0.2, -0.15) is 10.8 Å². The van der Waals surface area contributed by atoms with Crippen LogP contribution in [0.1, 0.15) is 18.4 Å². The van der Waals surface area contributed by atoms with E-state index < -0.39 is 0 Å². The van der Waals surface area contributed by atoms with Crippen molar-refractivity contribution in [2.45, 2.75) is 12.8 Å². The molecule has 0 aliphatic rings. The van der Waals surface area contributed by atoms with Gasteiger partial charge in [0.2, 0.25) is 0 Å². The number of nitrogens with two attached hydrogens (primary N) is 1. The van der Waals surface area contributed by atoms with Gasteiger partial charge in [0.25, 0.3) is 0 Å². The Morgan fingerprint density at radius 3 is 2.69 bits per heavy atom. The maximum Gasteiger partial charge on any atom is 0.151 e. The van der Waals surface area contributed by atoms with Crippen LogP contribution in [-0.4, -0.2) is 13.7 Å². The molecule has 88 valence electrons. The molecule has 0 aliphatic heterocycles. The van der Waals surface area contributed by atoms with Crippen molar-refractivity contribution in [1.29, 1.82) is 0 Å². The highest BCUT2D eigenvalue weighted by Gasteiger charge is 2.15. The number of nitroso groups, excluding NO2 is 1. The van der Waals surface area contributed by atoms with Crippen LogP contribution in [0.25, 0.3) is 0 Å². The summed E-state index contributed by atoms with van der Waals surface area (Å²) in [5, 5.41) is 2.88. The van der Waals surface area contributed by atoms with E-state index in [-0.39, 0.29) is 12.5 Å². The lowest BCUT2D eigenvalue weighted by Gasteiger charge is -2.14. The topological polar surface area (TPSA) is 73.9 Å². The van der Waals surface area contributed by atoms with E-state index in [1.54, 1.807) is 13.2 Å². The molecule has 5 nitrogen and oxygen atoms in total. The SMILES string of the molecule is COc1cc(C(C)CN=O)c(ON)cc1I. The van der Waals surface area contributed by atoms with Crippen LogP contribution in [0.15, 0.2) is 17.3 Å². The number of methoxy groups -OCH3 is 1. The third-order valence-corrected chi connectivity index (χ3v) is 3.13. The summed E-state index contributed by atoms with van der Waals surface area (Å²) in [4.78, 5) is 15.0. The van der Waals surface area contributed by atoms with E-state index in [2.05, 4.69) is 27.8 Å². The Morgan fingerprint density at radius 2 is 2.19 bits per heavy atom. The maximum absolute atomic E-state index is 10.3. The maximum atomic E-state index is 10.3. The molecule has 1 rings (SSSR count). The van der Waals surface area contributed by atoms with Crippen LogP contribution in [0.3, 0.4) is 0 Å². The van der Waals surface area contributed by atoms with Crippen LogP contribution in [0.5, 0.6) is 11.5 Å². The lowest BCUT2D eigenvalue weighted by atomic mass is 10.00. The predicted molar refractivity (Wildman–Crippen MR) is 69.6 cm³/mol. The first-order valence-electron chi connectivity index (χ1n) is 4.67. The zero-order valence-corrected chi connectivity index (χ0v) is 11.2. The molecule has 1 unspecified atom stereocenters. The summed E-state index contributed by atoms with van der Waals surface area (Å²) in [6.45, 7) is 2.06. The van der Waals surface area contributed by atoms with Gasteiger partial charge in [-0.1, -0.05) is 12.1 Å². The third kappa shape index (κ3) is 2.82. The minimum Gasteiger partial charge on any atom is -0.496 e. The number of halogens is 1. The summed E-state index contributed by atoms with van der Waals surface area (Å²) in [6, 6.07) is 3.59. The van der Waals surface area contributed by atoms with Crippen LogP contribution >= 0.6 is 22.6 Å². The van der Waals surface area contributed by atoms with Gasteiger partial charge in [-0.3, -0.25) is 0 Å². The molecule has 1 aromatic carbocycles. The van der Waals surface area contributed by atoms with E-state index in [1.165, 1.54) is 0 Å². The van der Waals surface area contributed by atoms with Gasteiger partial charge in [-0.05, 0) is 28.7 Å². The molecule has 1 aromatic rings. The highest BCUT2D eigenvalue weighted by atomic mass is 127. The van der Waals surface area contributed by atoms with E-state index in [0.717, 1.165) is 14.9 Å². The van der Waals surface area contributed by atoms with E-state index >= 15 is 0 Å². The normalized spacial score (nSPS) is 12.0. The molecule has 0 bridgehead atoms. The summed E-state index contributed by atoms with van der Waals surface area (Å²) in [5.41, 5.74) is 0.819. The van der Waals surface area contributed by atoms with Crippen molar-refractivity contribution in [3.05, 3.63) is 26.2 Å². The number of ether oxygens (including phenoxy) is 1. The highest BCUT2D eigenvalue weighted by Crippen LogP contribution is 2.34. The van der Waals surface area contributed by atoms with Crippen molar-refractivity contribution in [3.63, 3.8) is 0 Å². The summed E-state index contributed by atoms with van der Waals surface area (Å²) in [5.74, 6) is 6.41. The first-order chi connectivity index (χ1) is 7.63. The fraction of sp³-hybridized carbons (Fsp3) is 0.400. The largest absolute Gasteiger partial charge is 0.496 e. The molecule has 0 aliphatic carbocycles. The lowest BCUT2D eigenvalue weighted by Crippen LogP contribution is -2.08. The molecule has 0 amide bonds. The number of benzene rings is 1. The molecular weight excluding hydrogens is 323 g/mol. The molecule has 0 saturated carbocycles. The second-order valence-electron chi connectivity index (χ2n) is 3.36. The zero-order chi connectivity index (χ0) is 12.1. The number of hydrogen-bond donors (Lipinski definition) is 1. The van der Waals surface area contributed by atoms with Gasteiger partial charge in [0.15, 0.2) is 5.75 Å². The molecule has 2 N–H and O–H groups in total. The average molecular weight is 336 g/mol. The first-order valence-corrected chi connectivity index (χ1v) is 5.75. The standard InChI is InChI=1S/C10H13IN2O3/c1-6(5-13-14)7-3-10(15-2)8(11)4-9(7)16-12/h3-4,6H,5,12H2,1-2H3. The van der Waals surface area contributed by atoms with Crippen LogP contribution in [0.2, 0.25) is 0 Å². The molecule has 1 atom stereocenters. The zero-order valence-electron chi connectivity index (χ0n) is 9.07. The van der Waals surface area contributed by atoms with Crippen LogP contribution in [0, 0.1) is 8.48 Å². The van der Waals surface area contributed by atoms with Gasteiger partial charge in [-0.25, -0.2) is 0 Å². The van der Waals surface area contributed by atoms with Gasteiger partial charge in [0.05, 0.1) is 17.2 Å². The second kappa shape index (κ2) is 6.00. The fourth-order valence-corrected chi connectivity index (χ4v) is 2.06. The van der Waals surface area contributed by atoms with Gasteiger partial charge < -0.3 is 9.57 Å². The number of rotatable bonds is 5. The van der Waals surface area contributed by atoms with Crippen molar-refractivity contribution in [1.82, 2.24) is 0 Å². The predicted octanol–water partition coefficient (Wildman–Crippen LogP) is 2.42. The van der Waals surface area contributed by atoms with E-state index in [1.807, 2.05) is 13.0 Å². The quantitative estimate of drug-likeness (QED) is 0.509. The van der Waals surface area contributed by atoms with Gasteiger partial charge in [0, 0.05) is 17.5 Å². The van der Waals surface area contributed by atoms with Crippen LogP contribution in [-0.2, 0) is 0 Å². The summed E-state index contributed by atoms with van der Waals surface area (Å²) >= 11 is 2.13. The number of nitrogens with zero attached hydrogens (tertiary/aromatic N) is 1. The van der Waals surface area contributed by atoms with Gasteiger partial charge >= 0.3 is 0 Å². The summed E-state index contributed by atoms with van der Waals surface area (Å²) in [7, 11) is 1.59. The molecule has 0 radical (unpaired) electrons. The molecule has 0 heterocycles. The molecule has 0 saturated heterocycles. The van der Waals surface area contributed by atoms with Crippen molar-refractivity contribution < 1.29 is 9.57 Å². The Hall–Kier alpha value is -0.890. The van der Waals surface area contributed by atoms with E-state index in [9.17, 15) is 4.91 Å². The Bertz CT molecular complexity index is 385. The minimum atomic E-state index is -0.0538. The Balaban J connectivity index is 3.18. The second-order valence-corrected chi connectivity index (χ2v) is 4.52. The molecule has 0 fully saturated rings. The van der Waals surface area contributed by atoms with Crippen LogP contribution < -0.4 is 15.5 Å². The lowest BCUT2D eigenvalue weighted by molar-refractivity contribution is 0.327. The Labute approximate surface area is 107 Å². The minimum absolute atomic E-state index is 0.0538. The first kappa shape index (κ1) is 13.2. The molecule has 0 spiro atoms. The monoisotopic (exact) mass is 336 g/mol. The molecule has 0 aromatic heterocycles. The molecule has 6 heteroatoms. The van der Waals surface area contributed by atoms with E-state index in [4.69, 9.17) is 15.5 Å². The van der Waals surface area contributed by atoms with Gasteiger partial charge in [-0.15, -0.1) is 0 Å². The highest BCUT2D eigenvalue weighted by molar-refractivity contribution is 14.1. The Morgan fingerprint density at radius 1 is 1.50 bits per heavy atom. The van der Waals surface area contributed by atoms with Crippen molar-refractivity contribution in [2.75, 3.05) is 13.7 Å². The van der Waals surface area contributed by atoms with Crippen molar-refractivity contribution in [3.8, 4) is 11.5 Å². The third-order valence-electron chi connectivity index (χ3n) is 2.29. The fourth-order valence-electron chi connectivity index (χ4n) is 1.40. The average Bonchev–Trinajstić information content (AvgIpc) is 2.28. The summed E-state index contributed by atoms with van der Waals surface area (Å²) in [6.07, 6.45) is 0. The van der Waals surface area contributed by atoms with Gasteiger partial charge in [0.1, 0.15) is 5.75 Å². The smallest absolute Gasteiger partial charge is 0.151 e. The van der Waals surface area contributed by atoms with Crippen molar-refractivity contribution in [2.24, 2.45) is 11.1 Å². The van der Waals surface area contributed by atoms with Crippen LogP contribution in [0.4, 0.5) is 0 Å². The number of hydrogen-bond acceptors (Lipinski definition) is 5. The van der Waals surface area contributed by atoms with E-state index in [0.29, 0.717) is 5.75 Å². The summed E-state index contributed by atoms with van der Waals surface area (Å²) < 4.78 is 6.10. The molecular formula is C10H13IN2O3. The van der Waals surface area contributed by atoms with Crippen molar-refractivity contribution >= 4 is 22.6 Å².